The van der Waals surface area contributed by atoms with Crippen LogP contribution in [0, 0.1) is 0 Å². The molecule has 0 aliphatic heterocycles. The lowest BCUT2D eigenvalue weighted by molar-refractivity contribution is 0.102. The molecule has 0 aliphatic rings. The SMILES string of the molecule is CCOc1ccc(-c2nnc(NC(=O)c3ccc(SCC)cc3)o2)cc1OCC. The largest absolute Gasteiger partial charge is 0.490 e. The Bertz CT molecular complexity index is 957. The zero-order chi connectivity index (χ0) is 20.6. The van der Waals surface area contributed by atoms with Crippen LogP contribution >= 0.6 is 11.8 Å². The first-order valence-electron chi connectivity index (χ1n) is 9.42. The molecule has 0 radical (unpaired) electrons. The van der Waals surface area contributed by atoms with Crippen LogP contribution in [-0.4, -0.2) is 35.1 Å². The van der Waals surface area contributed by atoms with Gasteiger partial charge in [0.05, 0.1) is 13.2 Å². The number of amides is 1. The van der Waals surface area contributed by atoms with Crippen LogP contribution in [0.3, 0.4) is 0 Å². The molecule has 1 heterocycles. The molecule has 8 heteroatoms. The van der Waals surface area contributed by atoms with Crippen LogP contribution in [0.15, 0.2) is 51.8 Å². The summed E-state index contributed by atoms with van der Waals surface area (Å²) in [7, 11) is 0. The van der Waals surface area contributed by atoms with E-state index in [4.69, 9.17) is 13.9 Å². The molecule has 1 aromatic heterocycles. The first-order chi connectivity index (χ1) is 14.1. The number of benzene rings is 2. The maximum Gasteiger partial charge on any atom is 0.322 e. The quantitative estimate of drug-likeness (QED) is 0.499. The van der Waals surface area contributed by atoms with Crippen molar-refractivity contribution < 1.29 is 18.7 Å². The second kappa shape index (κ2) is 9.97. The number of nitrogens with zero attached hydrogens (tertiary/aromatic N) is 2. The van der Waals surface area contributed by atoms with Crippen LogP contribution < -0.4 is 14.8 Å². The van der Waals surface area contributed by atoms with E-state index in [-0.39, 0.29) is 17.8 Å². The molecule has 1 N–H and O–H groups in total. The Hall–Kier alpha value is -3.00. The Kier molecular flexibility index (Phi) is 7.13. The molecule has 0 aliphatic carbocycles. The molecule has 3 rings (SSSR count). The van der Waals surface area contributed by atoms with Crippen LogP contribution in [0.2, 0.25) is 0 Å². The molecule has 29 heavy (non-hydrogen) atoms. The summed E-state index contributed by atoms with van der Waals surface area (Å²) in [5.74, 6) is 2.19. The van der Waals surface area contributed by atoms with E-state index in [2.05, 4.69) is 22.4 Å². The first-order valence-corrected chi connectivity index (χ1v) is 10.4. The van der Waals surface area contributed by atoms with Crippen molar-refractivity contribution in [1.82, 2.24) is 10.2 Å². The molecule has 0 bridgehead atoms. The molecule has 0 unspecified atom stereocenters. The van der Waals surface area contributed by atoms with Gasteiger partial charge in [-0.15, -0.1) is 16.9 Å². The van der Waals surface area contributed by atoms with Crippen LogP contribution in [-0.2, 0) is 0 Å². The number of thioether (sulfide) groups is 1. The number of aromatic nitrogens is 2. The summed E-state index contributed by atoms with van der Waals surface area (Å²) in [6.07, 6.45) is 0. The number of ether oxygens (including phenoxy) is 2. The highest BCUT2D eigenvalue weighted by Crippen LogP contribution is 2.32. The van der Waals surface area contributed by atoms with Gasteiger partial charge >= 0.3 is 6.01 Å². The van der Waals surface area contributed by atoms with Crippen LogP contribution in [0.4, 0.5) is 6.01 Å². The van der Waals surface area contributed by atoms with E-state index >= 15 is 0 Å². The molecular weight excluding hydrogens is 390 g/mol. The highest BCUT2D eigenvalue weighted by Gasteiger charge is 2.15. The summed E-state index contributed by atoms with van der Waals surface area (Å²) in [4.78, 5) is 13.5. The third kappa shape index (κ3) is 5.29. The standard InChI is InChI=1S/C21H23N3O4S/c1-4-26-17-12-9-15(13-18(17)27-5-2)20-23-24-21(28-20)22-19(25)14-7-10-16(11-8-14)29-6-3/h7-13H,4-6H2,1-3H3,(H,22,24,25). The fourth-order valence-electron chi connectivity index (χ4n) is 2.61. The molecule has 0 spiro atoms. The number of carbonyl (C=O) groups is 1. The maximum absolute atomic E-state index is 12.4. The average molecular weight is 413 g/mol. The van der Waals surface area contributed by atoms with E-state index in [1.54, 1.807) is 42.1 Å². The topological polar surface area (TPSA) is 86.5 Å². The predicted molar refractivity (Wildman–Crippen MR) is 113 cm³/mol. The van der Waals surface area contributed by atoms with Gasteiger partial charge in [0.25, 0.3) is 5.91 Å². The molecule has 0 saturated carbocycles. The van der Waals surface area contributed by atoms with E-state index in [1.165, 1.54) is 0 Å². The minimum Gasteiger partial charge on any atom is -0.490 e. The summed E-state index contributed by atoms with van der Waals surface area (Å²) >= 11 is 1.72. The molecule has 3 aromatic rings. The van der Waals surface area contributed by atoms with Gasteiger partial charge in [-0.25, -0.2) is 0 Å². The molecule has 1 amide bonds. The number of hydrogen-bond acceptors (Lipinski definition) is 7. The van der Waals surface area contributed by atoms with E-state index in [9.17, 15) is 4.79 Å². The summed E-state index contributed by atoms with van der Waals surface area (Å²) in [6, 6.07) is 12.8. The highest BCUT2D eigenvalue weighted by molar-refractivity contribution is 7.99. The van der Waals surface area contributed by atoms with Crippen molar-refractivity contribution in [3.05, 3.63) is 48.0 Å². The van der Waals surface area contributed by atoms with Gasteiger partial charge in [-0.2, -0.15) is 0 Å². The monoisotopic (exact) mass is 413 g/mol. The Labute approximate surface area is 173 Å². The van der Waals surface area contributed by atoms with E-state index in [0.29, 0.717) is 35.8 Å². The zero-order valence-electron chi connectivity index (χ0n) is 16.6. The predicted octanol–water partition coefficient (Wildman–Crippen LogP) is 4.90. The van der Waals surface area contributed by atoms with Gasteiger partial charge in [0.2, 0.25) is 5.89 Å². The third-order valence-corrected chi connectivity index (χ3v) is 4.76. The molecule has 2 aromatic carbocycles. The van der Waals surface area contributed by atoms with Gasteiger partial charge in [-0.05, 0) is 62.1 Å². The molecule has 0 saturated heterocycles. The smallest absolute Gasteiger partial charge is 0.322 e. The van der Waals surface area contributed by atoms with Crippen LogP contribution in [0.1, 0.15) is 31.1 Å². The number of carbonyl (C=O) groups excluding carboxylic acids is 1. The van der Waals surface area contributed by atoms with Crippen molar-refractivity contribution >= 4 is 23.7 Å². The van der Waals surface area contributed by atoms with Gasteiger partial charge in [-0.1, -0.05) is 12.0 Å². The summed E-state index contributed by atoms with van der Waals surface area (Å²) in [6.45, 7) is 6.93. The van der Waals surface area contributed by atoms with Crippen molar-refractivity contribution in [3.63, 3.8) is 0 Å². The number of rotatable bonds is 9. The van der Waals surface area contributed by atoms with Gasteiger partial charge in [-0.3, -0.25) is 10.1 Å². The highest BCUT2D eigenvalue weighted by atomic mass is 32.2. The Morgan fingerprint density at radius 1 is 1.00 bits per heavy atom. The number of nitrogens with one attached hydrogen (secondary N) is 1. The van der Waals surface area contributed by atoms with Crippen molar-refractivity contribution in [2.45, 2.75) is 25.7 Å². The Balaban J connectivity index is 1.73. The second-order valence-electron chi connectivity index (χ2n) is 5.85. The van der Waals surface area contributed by atoms with Crippen molar-refractivity contribution in [1.29, 1.82) is 0 Å². The van der Waals surface area contributed by atoms with Crippen LogP contribution in [0.25, 0.3) is 11.5 Å². The zero-order valence-corrected chi connectivity index (χ0v) is 17.4. The van der Waals surface area contributed by atoms with Crippen molar-refractivity contribution in [2.75, 3.05) is 24.3 Å². The number of anilines is 1. The summed E-state index contributed by atoms with van der Waals surface area (Å²) < 4.78 is 16.8. The minimum atomic E-state index is -0.310. The van der Waals surface area contributed by atoms with Gasteiger partial charge in [0.15, 0.2) is 11.5 Å². The Morgan fingerprint density at radius 2 is 1.72 bits per heavy atom. The summed E-state index contributed by atoms with van der Waals surface area (Å²) in [5.41, 5.74) is 1.19. The van der Waals surface area contributed by atoms with Gasteiger partial charge < -0.3 is 13.9 Å². The van der Waals surface area contributed by atoms with Gasteiger partial charge in [0, 0.05) is 16.0 Å². The van der Waals surface area contributed by atoms with Crippen LogP contribution in [0.5, 0.6) is 11.5 Å². The second-order valence-corrected chi connectivity index (χ2v) is 7.19. The fraction of sp³-hybridized carbons (Fsp3) is 0.286. The average Bonchev–Trinajstić information content (AvgIpc) is 3.19. The molecular formula is C21H23N3O4S. The first kappa shape index (κ1) is 20.7. The number of hydrogen-bond donors (Lipinski definition) is 1. The molecule has 7 nitrogen and oxygen atoms in total. The lowest BCUT2D eigenvalue weighted by Gasteiger charge is -2.11. The Morgan fingerprint density at radius 3 is 2.41 bits per heavy atom. The van der Waals surface area contributed by atoms with Gasteiger partial charge in [0.1, 0.15) is 0 Å². The van der Waals surface area contributed by atoms with E-state index in [1.807, 2.05) is 26.0 Å². The van der Waals surface area contributed by atoms with Crippen molar-refractivity contribution in [2.24, 2.45) is 0 Å². The van der Waals surface area contributed by atoms with E-state index < -0.39 is 0 Å². The fourth-order valence-corrected chi connectivity index (χ4v) is 3.27. The minimum absolute atomic E-state index is 0.0313. The summed E-state index contributed by atoms with van der Waals surface area (Å²) in [5, 5.41) is 10.6. The molecule has 152 valence electrons. The van der Waals surface area contributed by atoms with Crippen molar-refractivity contribution in [3.8, 4) is 23.0 Å². The van der Waals surface area contributed by atoms with E-state index in [0.717, 1.165) is 10.6 Å². The third-order valence-electron chi connectivity index (χ3n) is 3.86. The lowest BCUT2D eigenvalue weighted by Crippen LogP contribution is -2.11. The molecule has 0 atom stereocenters. The normalized spacial score (nSPS) is 10.6. The maximum atomic E-state index is 12.4. The lowest BCUT2D eigenvalue weighted by atomic mass is 10.2. The molecule has 0 fully saturated rings.